The first-order valence-corrected chi connectivity index (χ1v) is 6.33. The Bertz CT molecular complexity index is 584. The van der Waals surface area contributed by atoms with Crippen molar-refractivity contribution < 1.29 is 5.11 Å². The molecule has 0 radical (unpaired) electrons. The molecule has 18 heavy (non-hydrogen) atoms. The van der Waals surface area contributed by atoms with Gasteiger partial charge in [0.2, 0.25) is 0 Å². The smallest absolute Gasteiger partial charge is 0.255 e. The molecule has 0 aliphatic carbocycles. The van der Waals surface area contributed by atoms with E-state index >= 15 is 0 Å². The Morgan fingerprint density at radius 3 is 3.17 bits per heavy atom. The Labute approximate surface area is 109 Å². The number of anilines is 1. The standard InChI is InChI=1S/C11H14ClN5O/c1-7-9(12)15-11-13-6-14-17(11)10(7)16-4-2-3-8(16)5-18/h6,8,18H,2-5H2,1H3. The van der Waals surface area contributed by atoms with Crippen LogP contribution in [-0.2, 0) is 0 Å². The van der Waals surface area contributed by atoms with Crippen molar-refractivity contribution in [3.8, 4) is 0 Å². The highest BCUT2D eigenvalue weighted by Crippen LogP contribution is 2.31. The van der Waals surface area contributed by atoms with Crippen molar-refractivity contribution >= 4 is 23.2 Å². The summed E-state index contributed by atoms with van der Waals surface area (Å²) in [5.74, 6) is 1.38. The van der Waals surface area contributed by atoms with Gasteiger partial charge in [-0.2, -0.15) is 19.6 Å². The summed E-state index contributed by atoms with van der Waals surface area (Å²) in [5.41, 5.74) is 0.870. The number of hydrogen-bond donors (Lipinski definition) is 1. The molecule has 0 saturated carbocycles. The Morgan fingerprint density at radius 1 is 1.56 bits per heavy atom. The fraction of sp³-hybridized carbons (Fsp3) is 0.545. The van der Waals surface area contributed by atoms with Crippen LogP contribution in [0.3, 0.4) is 0 Å². The highest BCUT2D eigenvalue weighted by Gasteiger charge is 2.28. The molecule has 2 aromatic heterocycles. The molecule has 6 nitrogen and oxygen atoms in total. The van der Waals surface area contributed by atoms with Crippen molar-refractivity contribution in [1.29, 1.82) is 0 Å². The summed E-state index contributed by atoms with van der Waals surface area (Å²) in [5, 5.41) is 14.1. The minimum absolute atomic E-state index is 0.120. The molecule has 2 aromatic rings. The van der Waals surface area contributed by atoms with Crippen LogP contribution < -0.4 is 4.90 Å². The maximum absolute atomic E-state index is 9.45. The molecule has 0 spiro atoms. The minimum atomic E-state index is 0.120. The molecule has 1 aliphatic heterocycles. The van der Waals surface area contributed by atoms with E-state index in [9.17, 15) is 5.11 Å². The van der Waals surface area contributed by atoms with Gasteiger partial charge in [-0.1, -0.05) is 11.6 Å². The molecule has 3 heterocycles. The fourth-order valence-electron chi connectivity index (χ4n) is 2.53. The predicted octanol–water partition coefficient (Wildman–Crippen LogP) is 1.05. The summed E-state index contributed by atoms with van der Waals surface area (Å²) in [7, 11) is 0. The molecule has 0 aromatic carbocycles. The first-order chi connectivity index (χ1) is 8.72. The molecular formula is C11H14ClN5O. The zero-order chi connectivity index (χ0) is 12.7. The molecule has 7 heteroatoms. The second-order valence-electron chi connectivity index (χ2n) is 4.50. The van der Waals surface area contributed by atoms with Gasteiger partial charge in [0.25, 0.3) is 5.78 Å². The van der Waals surface area contributed by atoms with Crippen LogP contribution in [0.1, 0.15) is 18.4 Å². The summed E-state index contributed by atoms with van der Waals surface area (Å²) in [6.07, 6.45) is 3.50. The molecule has 96 valence electrons. The van der Waals surface area contributed by atoms with Gasteiger partial charge in [0, 0.05) is 12.1 Å². The van der Waals surface area contributed by atoms with Crippen LogP contribution in [0.25, 0.3) is 5.78 Å². The van der Waals surface area contributed by atoms with E-state index in [1.165, 1.54) is 6.33 Å². The lowest BCUT2D eigenvalue weighted by Crippen LogP contribution is -2.34. The molecule has 1 N–H and O–H groups in total. The third-order valence-corrected chi connectivity index (χ3v) is 3.80. The summed E-state index contributed by atoms with van der Waals surface area (Å²) < 4.78 is 1.69. The second kappa shape index (κ2) is 4.37. The largest absolute Gasteiger partial charge is 0.394 e. The van der Waals surface area contributed by atoms with Crippen LogP contribution >= 0.6 is 11.6 Å². The lowest BCUT2D eigenvalue weighted by molar-refractivity contribution is 0.265. The Hall–Kier alpha value is -1.40. The van der Waals surface area contributed by atoms with Gasteiger partial charge in [0.1, 0.15) is 17.3 Å². The average molecular weight is 268 g/mol. The van der Waals surface area contributed by atoms with Crippen molar-refractivity contribution in [2.24, 2.45) is 0 Å². The number of halogens is 1. The number of aliphatic hydroxyl groups excluding tert-OH is 1. The quantitative estimate of drug-likeness (QED) is 0.824. The van der Waals surface area contributed by atoms with Gasteiger partial charge in [-0.3, -0.25) is 0 Å². The van der Waals surface area contributed by atoms with E-state index < -0.39 is 0 Å². The minimum Gasteiger partial charge on any atom is -0.394 e. The molecule has 1 unspecified atom stereocenters. The van der Waals surface area contributed by atoms with Gasteiger partial charge in [0.05, 0.1) is 12.6 Å². The molecule has 0 amide bonds. The van der Waals surface area contributed by atoms with E-state index in [-0.39, 0.29) is 12.6 Å². The number of fused-ring (bicyclic) bond motifs is 1. The predicted molar refractivity (Wildman–Crippen MR) is 68.0 cm³/mol. The van der Waals surface area contributed by atoms with Crippen LogP contribution in [0.4, 0.5) is 5.82 Å². The molecule has 1 aliphatic rings. The van der Waals surface area contributed by atoms with Crippen LogP contribution in [0.15, 0.2) is 6.33 Å². The molecule has 1 atom stereocenters. The van der Waals surface area contributed by atoms with Gasteiger partial charge in [0.15, 0.2) is 0 Å². The summed E-state index contributed by atoms with van der Waals surface area (Å²) in [4.78, 5) is 10.4. The SMILES string of the molecule is Cc1c(Cl)nc2ncnn2c1N1CCCC1CO. The van der Waals surface area contributed by atoms with E-state index in [2.05, 4.69) is 20.0 Å². The van der Waals surface area contributed by atoms with Crippen LogP contribution in [-0.4, -0.2) is 43.9 Å². The van der Waals surface area contributed by atoms with Gasteiger partial charge in [-0.25, -0.2) is 0 Å². The van der Waals surface area contributed by atoms with E-state index in [1.807, 2.05) is 6.92 Å². The summed E-state index contributed by atoms with van der Waals surface area (Å²) >= 11 is 6.14. The molecule has 0 bridgehead atoms. The lowest BCUT2D eigenvalue weighted by atomic mass is 10.2. The monoisotopic (exact) mass is 267 g/mol. The summed E-state index contributed by atoms with van der Waals surface area (Å²) in [6.45, 7) is 2.94. The van der Waals surface area contributed by atoms with Crippen molar-refractivity contribution in [1.82, 2.24) is 19.6 Å². The van der Waals surface area contributed by atoms with Crippen molar-refractivity contribution in [2.45, 2.75) is 25.8 Å². The van der Waals surface area contributed by atoms with Crippen molar-refractivity contribution in [2.75, 3.05) is 18.1 Å². The van der Waals surface area contributed by atoms with Gasteiger partial charge in [-0.15, -0.1) is 0 Å². The third kappa shape index (κ3) is 1.64. The molecule has 1 saturated heterocycles. The fourth-order valence-corrected chi connectivity index (χ4v) is 2.69. The third-order valence-electron chi connectivity index (χ3n) is 3.43. The molecule has 1 fully saturated rings. The molecular weight excluding hydrogens is 254 g/mol. The van der Waals surface area contributed by atoms with Crippen LogP contribution in [0.5, 0.6) is 0 Å². The maximum Gasteiger partial charge on any atom is 0.255 e. The second-order valence-corrected chi connectivity index (χ2v) is 4.85. The Kier molecular flexibility index (Phi) is 2.83. The van der Waals surface area contributed by atoms with Crippen molar-refractivity contribution in [3.63, 3.8) is 0 Å². The number of aromatic nitrogens is 4. The van der Waals surface area contributed by atoms with E-state index in [4.69, 9.17) is 11.6 Å². The lowest BCUT2D eigenvalue weighted by Gasteiger charge is -2.27. The highest BCUT2D eigenvalue weighted by atomic mass is 35.5. The zero-order valence-electron chi connectivity index (χ0n) is 10.0. The number of hydrogen-bond acceptors (Lipinski definition) is 5. The average Bonchev–Trinajstić information content (AvgIpc) is 2.98. The van der Waals surface area contributed by atoms with Gasteiger partial charge >= 0.3 is 0 Å². The number of aliphatic hydroxyl groups is 1. The zero-order valence-corrected chi connectivity index (χ0v) is 10.8. The normalized spacial score (nSPS) is 19.9. The van der Waals surface area contributed by atoms with Crippen LogP contribution in [0, 0.1) is 6.92 Å². The molecule has 3 rings (SSSR count). The van der Waals surface area contributed by atoms with E-state index in [0.717, 1.165) is 30.8 Å². The number of nitrogens with zero attached hydrogens (tertiary/aromatic N) is 5. The van der Waals surface area contributed by atoms with E-state index in [0.29, 0.717) is 10.9 Å². The maximum atomic E-state index is 9.45. The topological polar surface area (TPSA) is 66.5 Å². The summed E-state index contributed by atoms with van der Waals surface area (Å²) in [6, 6.07) is 0.120. The first kappa shape index (κ1) is 11.7. The highest BCUT2D eigenvalue weighted by molar-refractivity contribution is 6.30. The van der Waals surface area contributed by atoms with Gasteiger partial charge in [-0.05, 0) is 19.8 Å². The van der Waals surface area contributed by atoms with E-state index in [1.54, 1.807) is 4.52 Å². The van der Waals surface area contributed by atoms with Crippen molar-refractivity contribution in [3.05, 3.63) is 17.0 Å². The number of rotatable bonds is 2. The Balaban J connectivity index is 2.20. The first-order valence-electron chi connectivity index (χ1n) is 5.95. The van der Waals surface area contributed by atoms with Crippen LogP contribution in [0.2, 0.25) is 5.15 Å². The Morgan fingerprint density at radius 2 is 2.39 bits per heavy atom. The van der Waals surface area contributed by atoms with Gasteiger partial charge < -0.3 is 10.0 Å².